The molecule has 0 bridgehead atoms. The summed E-state index contributed by atoms with van der Waals surface area (Å²) in [5, 5.41) is 3.49. The first-order chi connectivity index (χ1) is 9.60. The second-order valence-corrected chi connectivity index (χ2v) is 6.19. The van der Waals surface area contributed by atoms with E-state index in [4.69, 9.17) is 0 Å². The smallest absolute Gasteiger partial charge is 0.123 e. The Morgan fingerprint density at radius 3 is 2.05 bits per heavy atom. The molecule has 0 heterocycles. The normalized spacial score (nSPS) is 20.6. The second-order valence-electron chi connectivity index (χ2n) is 6.19. The molecule has 3 heteroatoms. The molecule has 1 aromatic carbocycles. The molecule has 2 rings (SSSR count). The fourth-order valence-electron chi connectivity index (χ4n) is 3.74. The van der Waals surface area contributed by atoms with Crippen molar-refractivity contribution < 1.29 is 4.39 Å². The predicted octanol–water partition coefficient (Wildman–Crippen LogP) is 3.74. The van der Waals surface area contributed by atoms with E-state index in [9.17, 15) is 4.39 Å². The van der Waals surface area contributed by atoms with Gasteiger partial charge >= 0.3 is 0 Å². The van der Waals surface area contributed by atoms with Gasteiger partial charge in [0.25, 0.3) is 0 Å². The highest BCUT2D eigenvalue weighted by atomic mass is 19.1. The maximum absolute atomic E-state index is 13.2. The molecule has 20 heavy (non-hydrogen) atoms. The summed E-state index contributed by atoms with van der Waals surface area (Å²) in [6.45, 7) is 0. The lowest BCUT2D eigenvalue weighted by atomic mass is 9.78. The van der Waals surface area contributed by atoms with E-state index in [0.29, 0.717) is 0 Å². The van der Waals surface area contributed by atoms with Crippen LogP contribution in [0.15, 0.2) is 24.3 Å². The van der Waals surface area contributed by atoms with E-state index in [0.717, 1.165) is 0 Å². The Balaban J connectivity index is 2.36. The van der Waals surface area contributed by atoms with Crippen molar-refractivity contribution in [3.8, 4) is 0 Å². The molecule has 2 nitrogen and oxygen atoms in total. The Kier molecular flexibility index (Phi) is 5.17. The number of nitrogens with one attached hydrogen (secondary N) is 1. The number of hydrogen-bond acceptors (Lipinski definition) is 2. The maximum Gasteiger partial charge on any atom is 0.123 e. The van der Waals surface area contributed by atoms with Crippen LogP contribution in [0.5, 0.6) is 0 Å². The predicted molar refractivity (Wildman–Crippen MR) is 82.3 cm³/mol. The van der Waals surface area contributed by atoms with Crippen LogP contribution in [0.25, 0.3) is 0 Å². The average molecular weight is 278 g/mol. The Labute approximate surface area is 122 Å². The summed E-state index contributed by atoms with van der Waals surface area (Å²) < 4.78 is 13.2. The van der Waals surface area contributed by atoms with Crippen molar-refractivity contribution >= 4 is 0 Å². The fourth-order valence-corrected chi connectivity index (χ4v) is 3.74. The SMILES string of the molecule is CNC(c1ccc(F)cc1)C1(N(C)C)CCCCCC1. The molecule has 0 amide bonds. The van der Waals surface area contributed by atoms with Crippen molar-refractivity contribution in [1.29, 1.82) is 0 Å². The van der Waals surface area contributed by atoms with Crippen molar-refractivity contribution in [3.05, 3.63) is 35.6 Å². The van der Waals surface area contributed by atoms with Crippen molar-refractivity contribution in [3.63, 3.8) is 0 Å². The topological polar surface area (TPSA) is 15.3 Å². The van der Waals surface area contributed by atoms with E-state index in [1.807, 2.05) is 19.2 Å². The van der Waals surface area contributed by atoms with Crippen molar-refractivity contribution in [1.82, 2.24) is 10.2 Å². The summed E-state index contributed by atoms with van der Waals surface area (Å²) >= 11 is 0. The van der Waals surface area contributed by atoms with Crippen LogP contribution in [0.4, 0.5) is 4.39 Å². The molecular weight excluding hydrogens is 251 g/mol. The average Bonchev–Trinajstić information content (AvgIpc) is 2.69. The van der Waals surface area contributed by atoms with E-state index in [1.54, 1.807) is 12.1 Å². The zero-order valence-electron chi connectivity index (χ0n) is 13.0. The maximum atomic E-state index is 13.2. The van der Waals surface area contributed by atoms with E-state index in [2.05, 4.69) is 24.3 Å². The highest BCUT2D eigenvalue weighted by Crippen LogP contribution is 2.40. The molecule has 0 aliphatic heterocycles. The third-order valence-corrected chi connectivity index (χ3v) is 4.89. The molecule has 1 aliphatic carbocycles. The van der Waals surface area contributed by atoms with Gasteiger partial charge in [-0.25, -0.2) is 4.39 Å². The number of nitrogens with zero attached hydrogens (tertiary/aromatic N) is 1. The Hall–Kier alpha value is -0.930. The summed E-state index contributed by atoms with van der Waals surface area (Å²) in [7, 11) is 6.38. The molecule has 1 aliphatic rings. The van der Waals surface area contributed by atoms with Crippen LogP contribution in [0.2, 0.25) is 0 Å². The van der Waals surface area contributed by atoms with Crippen LogP contribution < -0.4 is 5.32 Å². The van der Waals surface area contributed by atoms with Gasteiger partial charge in [0, 0.05) is 5.54 Å². The van der Waals surface area contributed by atoms with E-state index >= 15 is 0 Å². The standard InChI is InChI=1S/C17H27FN2/c1-19-16(14-8-10-15(18)11-9-14)17(20(2)3)12-6-4-5-7-13-17/h8-11,16,19H,4-7,12-13H2,1-3H3. The molecular formula is C17H27FN2. The molecule has 1 unspecified atom stereocenters. The first-order valence-electron chi connectivity index (χ1n) is 7.70. The molecule has 112 valence electrons. The highest BCUT2D eigenvalue weighted by Gasteiger charge is 2.40. The van der Waals surface area contributed by atoms with Crippen LogP contribution in [-0.2, 0) is 0 Å². The van der Waals surface area contributed by atoms with Gasteiger partial charge in [-0.3, -0.25) is 0 Å². The fraction of sp³-hybridized carbons (Fsp3) is 0.647. The second kappa shape index (κ2) is 6.68. The molecule has 0 saturated heterocycles. The molecule has 0 radical (unpaired) electrons. The molecule has 0 spiro atoms. The van der Waals surface area contributed by atoms with Gasteiger partial charge in [0.05, 0.1) is 6.04 Å². The van der Waals surface area contributed by atoms with E-state index in [1.165, 1.54) is 44.1 Å². The Bertz CT molecular complexity index is 406. The zero-order chi connectivity index (χ0) is 14.6. The molecule has 1 saturated carbocycles. The van der Waals surface area contributed by atoms with Gasteiger partial charge in [-0.2, -0.15) is 0 Å². The molecule has 1 aromatic rings. The Morgan fingerprint density at radius 2 is 1.60 bits per heavy atom. The van der Waals surface area contributed by atoms with Gasteiger partial charge in [-0.15, -0.1) is 0 Å². The summed E-state index contributed by atoms with van der Waals surface area (Å²) in [4.78, 5) is 2.38. The minimum Gasteiger partial charge on any atom is -0.311 e. The summed E-state index contributed by atoms with van der Waals surface area (Å²) in [5.74, 6) is -0.164. The van der Waals surface area contributed by atoms with E-state index < -0.39 is 0 Å². The van der Waals surface area contributed by atoms with Gasteiger partial charge in [0.2, 0.25) is 0 Å². The van der Waals surface area contributed by atoms with Crippen LogP contribution in [0.1, 0.15) is 50.1 Å². The van der Waals surface area contributed by atoms with Crippen LogP contribution in [0, 0.1) is 5.82 Å². The molecule has 1 atom stereocenters. The third-order valence-electron chi connectivity index (χ3n) is 4.89. The van der Waals surface area contributed by atoms with Gasteiger partial charge in [-0.05, 0) is 51.7 Å². The van der Waals surface area contributed by atoms with Gasteiger partial charge in [-0.1, -0.05) is 37.8 Å². The van der Waals surface area contributed by atoms with Crippen molar-refractivity contribution in [2.75, 3.05) is 21.1 Å². The third kappa shape index (κ3) is 3.04. The molecule has 1 N–H and O–H groups in total. The summed E-state index contributed by atoms with van der Waals surface area (Å²) in [5.41, 5.74) is 1.31. The monoisotopic (exact) mass is 278 g/mol. The zero-order valence-corrected chi connectivity index (χ0v) is 13.0. The quantitative estimate of drug-likeness (QED) is 0.844. The van der Waals surface area contributed by atoms with Crippen LogP contribution in [-0.4, -0.2) is 31.6 Å². The van der Waals surface area contributed by atoms with Gasteiger partial charge in [0.1, 0.15) is 5.82 Å². The summed E-state index contributed by atoms with van der Waals surface area (Å²) in [6.07, 6.45) is 7.60. The number of likely N-dealkylation sites (N-methyl/N-ethyl adjacent to an activating group) is 2. The molecule has 0 aromatic heterocycles. The summed E-state index contributed by atoms with van der Waals surface area (Å²) in [6, 6.07) is 7.23. The lowest BCUT2D eigenvalue weighted by molar-refractivity contribution is 0.0834. The minimum atomic E-state index is -0.164. The lowest BCUT2D eigenvalue weighted by Gasteiger charge is -2.46. The minimum absolute atomic E-state index is 0.128. The number of halogens is 1. The van der Waals surface area contributed by atoms with Crippen LogP contribution in [0.3, 0.4) is 0 Å². The number of hydrogen-bond donors (Lipinski definition) is 1. The Morgan fingerprint density at radius 1 is 1.05 bits per heavy atom. The van der Waals surface area contributed by atoms with Gasteiger partial charge < -0.3 is 10.2 Å². The number of benzene rings is 1. The lowest BCUT2D eigenvalue weighted by Crippen LogP contribution is -2.52. The largest absolute Gasteiger partial charge is 0.311 e. The molecule has 1 fully saturated rings. The van der Waals surface area contributed by atoms with E-state index in [-0.39, 0.29) is 17.4 Å². The first kappa shape index (κ1) is 15.5. The van der Waals surface area contributed by atoms with Gasteiger partial charge in [0.15, 0.2) is 0 Å². The van der Waals surface area contributed by atoms with Crippen LogP contribution >= 0.6 is 0 Å². The first-order valence-corrected chi connectivity index (χ1v) is 7.70. The number of rotatable bonds is 4. The highest BCUT2D eigenvalue weighted by molar-refractivity contribution is 5.24. The van der Waals surface area contributed by atoms with Crippen molar-refractivity contribution in [2.45, 2.75) is 50.1 Å². The van der Waals surface area contributed by atoms with Crippen molar-refractivity contribution in [2.24, 2.45) is 0 Å².